The summed E-state index contributed by atoms with van der Waals surface area (Å²) in [6.45, 7) is 0. The molecule has 1 heterocycles. The van der Waals surface area contributed by atoms with Crippen molar-refractivity contribution in [2.24, 2.45) is 7.05 Å². The summed E-state index contributed by atoms with van der Waals surface area (Å²) in [7, 11) is 0.940. The van der Waals surface area contributed by atoms with Crippen molar-refractivity contribution >= 4 is 0 Å². The van der Waals surface area contributed by atoms with Gasteiger partial charge in [0, 0.05) is 7.05 Å². The molecule has 0 aliphatic rings. The molecule has 4 nitrogen and oxygen atoms in total. The van der Waals surface area contributed by atoms with E-state index in [4.69, 9.17) is 0 Å². The summed E-state index contributed by atoms with van der Waals surface area (Å²) in [4.78, 5) is 2.42. The summed E-state index contributed by atoms with van der Waals surface area (Å²) in [6.07, 6.45) is -7.65. The number of rotatable bonds is 7. The second-order valence-corrected chi connectivity index (χ2v) is 5.49. The highest BCUT2D eigenvalue weighted by molar-refractivity contribution is 5.17. The highest BCUT2D eigenvalue weighted by Crippen LogP contribution is 2.63. The highest BCUT2D eigenvalue weighted by atomic mass is 19.4. The molecule has 30 heavy (non-hydrogen) atoms. The van der Waals surface area contributed by atoms with E-state index in [0.717, 1.165) is 0 Å². The van der Waals surface area contributed by atoms with Crippen LogP contribution >= 0.6 is 0 Å². The minimum atomic E-state index is -8.35. The minimum Gasteiger partial charge on any atom is -0.466 e. The van der Waals surface area contributed by atoms with Gasteiger partial charge in [0.1, 0.15) is 0 Å². The second-order valence-electron chi connectivity index (χ2n) is 5.49. The van der Waals surface area contributed by atoms with E-state index in [0.29, 0.717) is 14.2 Å². The SMILES string of the molecule is COc1nc(C(F)(F)C(F)(F)C(F)(F)C(F)(F)C(F)(F)C(F)(F)C(F)(F)F)n(C)n1. The van der Waals surface area contributed by atoms with Crippen LogP contribution in [0.4, 0.5) is 65.9 Å². The van der Waals surface area contributed by atoms with Gasteiger partial charge in [0.25, 0.3) is 0 Å². The molecule has 0 unspecified atom stereocenters. The van der Waals surface area contributed by atoms with Crippen LogP contribution in [-0.2, 0) is 13.0 Å². The van der Waals surface area contributed by atoms with Crippen molar-refractivity contribution < 1.29 is 70.6 Å². The van der Waals surface area contributed by atoms with Crippen molar-refractivity contribution in [3.05, 3.63) is 5.82 Å². The first-order valence-electron chi connectivity index (χ1n) is 6.74. The number of hydrogen-bond donors (Lipinski definition) is 0. The average molecular weight is 481 g/mol. The summed E-state index contributed by atoms with van der Waals surface area (Å²) in [6, 6.07) is -1.23. The van der Waals surface area contributed by atoms with Gasteiger partial charge in [-0.05, 0) is 0 Å². The van der Waals surface area contributed by atoms with Gasteiger partial charge in [-0.2, -0.15) is 70.8 Å². The van der Waals surface area contributed by atoms with Crippen LogP contribution in [0.15, 0.2) is 0 Å². The third-order valence-corrected chi connectivity index (χ3v) is 3.53. The van der Waals surface area contributed by atoms with Gasteiger partial charge in [-0.3, -0.25) is 0 Å². The Labute approximate surface area is 154 Å². The van der Waals surface area contributed by atoms with Crippen LogP contribution in [0.5, 0.6) is 6.01 Å². The normalized spacial score (nSPS) is 15.5. The lowest BCUT2D eigenvalue weighted by atomic mass is 9.91. The van der Waals surface area contributed by atoms with Crippen molar-refractivity contribution in [3.8, 4) is 6.01 Å². The van der Waals surface area contributed by atoms with Crippen molar-refractivity contribution in [1.29, 1.82) is 0 Å². The van der Waals surface area contributed by atoms with Crippen LogP contribution < -0.4 is 4.74 Å². The molecule has 0 amide bonds. The number of hydrogen-bond acceptors (Lipinski definition) is 3. The Morgan fingerprint density at radius 1 is 0.633 bits per heavy atom. The van der Waals surface area contributed by atoms with E-state index in [9.17, 15) is 65.9 Å². The molecule has 0 saturated carbocycles. The van der Waals surface area contributed by atoms with E-state index < -0.39 is 58.2 Å². The Kier molecular flexibility index (Phi) is 5.78. The fraction of sp³-hybridized carbons (Fsp3) is 0.818. The number of halogens is 15. The Morgan fingerprint density at radius 2 is 1.00 bits per heavy atom. The predicted octanol–water partition coefficient (Wildman–Crippen LogP) is 4.65. The molecule has 1 rings (SSSR count). The first-order chi connectivity index (χ1) is 12.9. The van der Waals surface area contributed by atoms with Crippen molar-refractivity contribution in [3.63, 3.8) is 0 Å². The lowest BCUT2D eigenvalue weighted by Crippen LogP contribution is -2.72. The van der Waals surface area contributed by atoms with Gasteiger partial charge in [-0.25, -0.2) is 4.68 Å². The molecule has 19 heteroatoms. The van der Waals surface area contributed by atoms with Gasteiger partial charge in [0.05, 0.1) is 7.11 Å². The zero-order valence-electron chi connectivity index (χ0n) is 13.9. The Balaban J connectivity index is 3.68. The number of aryl methyl sites for hydroxylation is 1. The summed E-state index contributed by atoms with van der Waals surface area (Å²) in [5.74, 6) is -49.8. The molecule has 0 atom stereocenters. The Bertz CT molecular complexity index is 781. The van der Waals surface area contributed by atoms with Gasteiger partial charge in [0.15, 0.2) is 0 Å². The first kappa shape index (κ1) is 25.9. The lowest BCUT2D eigenvalue weighted by molar-refractivity contribution is -0.454. The van der Waals surface area contributed by atoms with Crippen LogP contribution in [0.3, 0.4) is 0 Å². The van der Waals surface area contributed by atoms with Crippen molar-refractivity contribution in [2.45, 2.75) is 41.7 Å². The van der Waals surface area contributed by atoms with Crippen LogP contribution in [0.2, 0.25) is 0 Å². The predicted molar refractivity (Wildman–Crippen MR) is 62.2 cm³/mol. The third-order valence-electron chi connectivity index (χ3n) is 3.53. The molecule has 0 N–H and O–H groups in total. The second kappa shape index (κ2) is 6.69. The summed E-state index contributed by atoms with van der Waals surface area (Å²) < 4.78 is 200. The monoisotopic (exact) mass is 481 g/mol. The van der Waals surface area contributed by atoms with Crippen LogP contribution in [0, 0.1) is 0 Å². The number of aromatic nitrogens is 3. The summed E-state index contributed by atoms with van der Waals surface area (Å²) >= 11 is 0. The first-order valence-corrected chi connectivity index (χ1v) is 6.74. The zero-order chi connectivity index (χ0) is 24.4. The number of methoxy groups -OCH3 is 1. The maximum Gasteiger partial charge on any atom is 0.460 e. The molecule has 0 radical (unpaired) electrons. The summed E-state index contributed by atoms with van der Waals surface area (Å²) in [5.41, 5.74) is 0. The van der Waals surface area contributed by atoms with Crippen LogP contribution in [0.25, 0.3) is 0 Å². The molecule has 0 saturated heterocycles. The van der Waals surface area contributed by atoms with E-state index >= 15 is 0 Å². The van der Waals surface area contributed by atoms with Gasteiger partial charge in [0.2, 0.25) is 5.82 Å². The summed E-state index contributed by atoms with van der Waals surface area (Å²) in [5, 5.41) is 2.79. The number of alkyl halides is 15. The average Bonchev–Trinajstić information content (AvgIpc) is 2.94. The zero-order valence-corrected chi connectivity index (χ0v) is 13.9. The third kappa shape index (κ3) is 3.10. The van der Waals surface area contributed by atoms with E-state index in [2.05, 4.69) is 14.8 Å². The number of ether oxygens (including phenoxy) is 1. The Morgan fingerprint density at radius 3 is 1.33 bits per heavy atom. The molecular weight excluding hydrogens is 475 g/mol. The fourth-order valence-electron chi connectivity index (χ4n) is 1.83. The highest BCUT2D eigenvalue weighted by Gasteiger charge is 2.93. The molecule has 0 spiro atoms. The van der Waals surface area contributed by atoms with Crippen molar-refractivity contribution in [1.82, 2.24) is 14.8 Å². The molecule has 0 aromatic carbocycles. The van der Waals surface area contributed by atoms with Gasteiger partial charge < -0.3 is 4.74 Å². The molecular formula is C11H6F15N3O. The van der Waals surface area contributed by atoms with Crippen LogP contribution in [0.1, 0.15) is 5.82 Å². The topological polar surface area (TPSA) is 39.9 Å². The van der Waals surface area contributed by atoms with Crippen LogP contribution in [-0.4, -0.2) is 57.7 Å². The minimum absolute atomic E-state index is 0.303. The van der Waals surface area contributed by atoms with E-state index in [-0.39, 0.29) is 0 Å². The standard InChI is InChI=1S/C11H6F15N3O/c1-29-3(27-4(28-29)30-2)5(12,13)6(14,15)7(16,17)8(18,19)9(20,21)10(22,23)11(24,25)26/h1-2H3. The largest absolute Gasteiger partial charge is 0.466 e. The van der Waals surface area contributed by atoms with E-state index in [1.54, 1.807) is 0 Å². The van der Waals surface area contributed by atoms with E-state index in [1.807, 2.05) is 0 Å². The lowest BCUT2D eigenvalue weighted by Gasteiger charge is -2.41. The van der Waals surface area contributed by atoms with Gasteiger partial charge >= 0.3 is 47.7 Å². The van der Waals surface area contributed by atoms with E-state index in [1.165, 1.54) is 0 Å². The van der Waals surface area contributed by atoms with Gasteiger partial charge in [-0.1, -0.05) is 0 Å². The molecule has 0 aliphatic heterocycles. The quantitative estimate of drug-likeness (QED) is 0.533. The maximum atomic E-state index is 13.9. The smallest absolute Gasteiger partial charge is 0.460 e. The molecule has 0 bridgehead atoms. The van der Waals surface area contributed by atoms with Crippen molar-refractivity contribution in [2.75, 3.05) is 7.11 Å². The number of nitrogens with zero attached hydrogens (tertiary/aromatic N) is 3. The molecule has 1 aromatic rings. The molecule has 176 valence electrons. The molecule has 0 aliphatic carbocycles. The fourth-order valence-corrected chi connectivity index (χ4v) is 1.83. The van der Waals surface area contributed by atoms with Gasteiger partial charge in [-0.15, -0.1) is 5.10 Å². The Hall–Kier alpha value is -2.11. The molecule has 1 aromatic heterocycles. The maximum absolute atomic E-state index is 13.9. The molecule has 0 fully saturated rings.